The Balaban J connectivity index is 1.55. The molecule has 1 fully saturated rings. The molecular formula is C21H22N2O2. The molecule has 4 heteroatoms. The maximum absolute atomic E-state index is 12.0. The molecule has 2 aromatic rings. The summed E-state index contributed by atoms with van der Waals surface area (Å²) in [5, 5.41) is 2.89. The van der Waals surface area contributed by atoms with Gasteiger partial charge >= 0.3 is 0 Å². The lowest BCUT2D eigenvalue weighted by atomic mass is 10.1. The molecule has 1 aliphatic heterocycles. The summed E-state index contributed by atoms with van der Waals surface area (Å²) in [6, 6.07) is 15.7. The first-order valence-corrected chi connectivity index (χ1v) is 8.54. The van der Waals surface area contributed by atoms with Crippen molar-refractivity contribution in [2.24, 2.45) is 0 Å². The van der Waals surface area contributed by atoms with Gasteiger partial charge in [-0.05, 0) is 48.2 Å². The minimum Gasteiger partial charge on any atom is -0.348 e. The van der Waals surface area contributed by atoms with Crippen LogP contribution < -0.4 is 10.2 Å². The normalized spacial score (nSPS) is 14.3. The summed E-state index contributed by atoms with van der Waals surface area (Å²) < 4.78 is 0. The maximum atomic E-state index is 12.0. The number of rotatable bonds is 5. The van der Waals surface area contributed by atoms with E-state index in [1.54, 1.807) is 6.08 Å². The van der Waals surface area contributed by atoms with Crippen molar-refractivity contribution in [3.8, 4) is 0 Å². The Morgan fingerprint density at radius 3 is 2.60 bits per heavy atom. The van der Waals surface area contributed by atoms with Gasteiger partial charge in [-0.3, -0.25) is 9.59 Å². The van der Waals surface area contributed by atoms with E-state index in [1.807, 2.05) is 60.4 Å². The van der Waals surface area contributed by atoms with Crippen molar-refractivity contribution in [3.63, 3.8) is 0 Å². The monoisotopic (exact) mass is 334 g/mol. The number of nitrogens with zero attached hydrogens (tertiary/aromatic N) is 1. The van der Waals surface area contributed by atoms with Gasteiger partial charge in [-0.2, -0.15) is 0 Å². The van der Waals surface area contributed by atoms with Crippen LogP contribution in [0.3, 0.4) is 0 Å². The smallest absolute Gasteiger partial charge is 0.244 e. The van der Waals surface area contributed by atoms with Gasteiger partial charge in [-0.15, -0.1) is 0 Å². The van der Waals surface area contributed by atoms with Crippen LogP contribution in [0.4, 0.5) is 5.69 Å². The van der Waals surface area contributed by atoms with Crippen molar-refractivity contribution >= 4 is 23.6 Å². The maximum Gasteiger partial charge on any atom is 0.244 e. The van der Waals surface area contributed by atoms with Crippen molar-refractivity contribution in [1.82, 2.24) is 5.32 Å². The predicted octanol–water partition coefficient (Wildman–Crippen LogP) is 3.45. The Labute approximate surface area is 148 Å². The van der Waals surface area contributed by atoms with E-state index in [4.69, 9.17) is 0 Å². The van der Waals surface area contributed by atoms with E-state index < -0.39 is 0 Å². The minimum absolute atomic E-state index is 0.123. The summed E-state index contributed by atoms with van der Waals surface area (Å²) in [4.78, 5) is 25.5. The Kier molecular flexibility index (Phi) is 5.29. The third-order valence-electron chi connectivity index (χ3n) is 4.42. The standard InChI is InChI=1S/C21H22N2O2/c1-16-5-2-3-6-18(16)15-22-20(24)13-10-17-8-11-19(12-9-17)23-14-4-7-21(23)25/h2-3,5-6,8-13H,4,7,14-15H2,1H3,(H,22,24)/b13-10+. The zero-order chi connectivity index (χ0) is 17.6. The fourth-order valence-corrected chi connectivity index (χ4v) is 2.91. The molecule has 3 rings (SSSR count). The lowest BCUT2D eigenvalue weighted by Crippen LogP contribution is -2.23. The molecule has 0 aromatic heterocycles. The summed E-state index contributed by atoms with van der Waals surface area (Å²) in [5.74, 6) is 0.0564. The number of hydrogen-bond acceptors (Lipinski definition) is 2. The van der Waals surface area contributed by atoms with Crippen LogP contribution >= 0.6 is 0 Å². The Morgan fingerprint density at radius 1 is 1.16 bits per heavy atom. The highest BCUT2D eigenvalue weighted by Gasteiger charge is 2.21. The van der Waals surface area contributed by atoms with Gasteiger partial charge < -0.3 is 10.2 Å². The van der Waals surface area contributed by atoms with Crippen LogP contribution in [0.2, 0.25) is 0 Å². The molecule has 25 heavy (non-hydrogen) atoms. The second kappa shape index (κ2) is 7.79. The van der Waals surface area contributed by atoms with Gasteiger partial charge in [0.2, 0.25) is 11.8 Å². The van der Waals surface area contributed by atoms with Crippen LogP contribution in [-0.4, -0.2) is 18.4 Å². The molecule has 1 N–H and O–H groups in total. The highest BCUT2D eigenvalue weighted by atomic mass is 16.2. The summed E-state index contributed by atoms with van der Waals surface area (Å²) in [7, 11) is 0. The Morgan fingerprint density at radius 2 is 1.92 bits per heavy atom. The van der Waals surface area contributed by atoms with Crippen LogP contribution in [0.5, 0.6) is 0 Å². The second-order valence-corrected chi connectivity index (χ2v) is 6.22. The van der Waals surface area contributed by atoms with Gasteiger partial charge in [0.05, 0.1) is 0 Å². The molecule has 4 nitrogen and oxygen atoms in total. The van der Waals surface area contributed by atoms with Gasteiger partial charge in [-0.1, -0.05) is 36.4 Å². The van der Waals surface area contributed by atoms with E-state index in [-0.39, 0.29) is 11.8 Å². The molecule has 0 radical (unpaired) electrons. The molecular weight excluding hydrogens is 312 g/mol. The molecule has 0 saturated carbocycles. The fraction of sp³-hybridized carbons (Fsp3) is 0.238. The largest absolute Gasteiger partial charge is 0.348 e. The van der Waals surface area contributed by atoms with Gasteiger partial charge in [0.15, 0.2) is 0 Å². The summed E-state index contributed by atoms with van der Waals surface area (Å²) in [5.41, 5.74) is 4.13. The van der Waals surface area contributed by atoms with E-state index in [1.165, 1.54) is 11.6 Å². The first-order valence-electron chi connectivity index (χ1n) is 8.54. The number of nitrogens with one attached hydrogen (secondary N) is 1. The average Bonchev–Trinajstić information content (AvgIpc) is 3.06. The van der Waals surface area contributed by atoms with Gasteiger partial charge in [-0.25, -0.2) is 0 Å². The van der Waals surface area contributed by atoms with Gasteiger partial charge in [0, 0.05) is 31.3 Å². The molecule has 1 aliphatic rings. The summed E-state index contributed by atoms with van der Waals surface area (Å²) >= 11 is 0. The van der Waals surface area contributed by atoms with Gasteiger partial charge in [0.1, 0.15) is 0 Å². The van der Waals surface area contributed by atoms with Crippen LogP contribution in [-0.2, 0) is 16.1 Å². The summed E-state index contributed by atoms with van der Waals surface area (Å²) in [6.45, 7) is 3.34. The number of hydrogen-bond donors (Lipinski definition) is 1. The van der Waals surface area contributed by atoms with Crippen LogP contribution in [0.1, 0.15) is 29.5 Å². The zero-order valence-electron chi connectivity index (χ0n) is 14.4. The number of aryl methyl sites for hydroxylation is 1. The Bertz CT molecular complexity index is 794. The molecule has 128 valence electrons. The van der Waals surface area contributed by atoms with Crippen molar-refractivity contribution in [2.75, 3.05) is 11.4 Å². The number of carbonyl (C=O) groups excluding carboxylic acids is 2. The Hall–Kier alpha value is -2.88. The van der Waals surface area contributed by atoms with Crippen LogP contribution in [0.25, 0.3) is 6.08 Å². The minimum atomic E-state index is -0.123. The van der Waals surface area contributed by atoms with Crippen molar-refractivity contribution < 1.29 is 9.59 Å². The predicted molar refractivity (Wildman–Crippen MR) is 100 cm³/mol. The molecule has 2 amide bonds. The number of amides is 2. The second-order valence-electron chi connectivity index (χ2n) is 6.22. The first-order chi connectivity index (χ1) is 12.1. The van der Waals surface area contributed by atoms with Crippen molar-refractivity contribution in [3.05, 3.63) is 71.3 Å². The van der Waals surface area contributed by atoms with E-state index in [0.29, 0.717) is 13.0 Å². The number of benzene rings is 2. The molecule has 1 heterocycles. The van der Waals surface area contributed by atoms with E-state index in [0.717, 1.165) is 29.8 Å². The third-order valence-corrected chi connectivity index (χ3v) is 4.42. The number of carbonyl (C=O) groups is 2. The molecule has 0 unspecified atom stereocenters. The van der Waals surface area contributed by atoms with Crippen LogP contribution in [0, 0.1) is 6.92 Å². The summed E-state index contributed by atoms with van der Waals surface area (Å²) in [6.07, 6.45) is 4.86. The molecule has 1 saturated heterocycles. The zero-order valence-corrected chi connectivity index (χ0v) is 14.4. The average molecular weight is 334 g/mol. The topological polar surface area (TPSA) is 49.4 Å². The lowest BCUT2D eigenvalue weighted by Gasteiger charge is -2.15. The van der Waals surface area contributed by atoms with Crippen LogP contribution in [0.15, 0.2) is 54.6 Å². The highest BCUT2D eigenvalue weighted by molar-refractivity contribution is 5.95. The van der Waals surface area contributed by atoms with Gasteiger partial charge in [0.25, 0.3) is 0 Å². The SMILES string of the molecule is Cc1ccccc1CNC(=O)/C=C/c1ccc(N2CCCC2=O)cc1. The molecule has 2 aromatic carbocycles. The molecule has 0 atom stereocenters. The molecule has 0 aliphatic carbocycles. The quantitative estimate of drug-likeness (QED) is 0.852. The molecule has 0 spiro atoms. The molecule has 0 bridgehead atoms. The highest BCUT2D eigenvalue weighted by Crippen LogP contribution is 2.21. The third kappa shape index (κ3) is 4.35. The van der Waals surface area contributed by atoms with Crippen molar-refractivity contribution in [2.45, 2.75) is 26.3 Å². The lowest BCUT2D eigenvalue weighted by molar-refractivity contribution is -0.117. The van der Waals surface area contributed by atoms with Crippen molar-refractivity contribution in [1.29, 1.82) is 0 Å². The van der Waals surface area contributed by atoms with E-state index in [2.05, 4.69) is 5.32 Å². The van der Waals surface area contributed by atoms with E-state index in [9.17, 15) is 9.59 Å². The fourth-order valence-electron chi connectivity index (χ4n) is 2.91. The first kappa shape index (κ1) is 17.0. The van der Waals surface area contributed by atoms with E-state index >= 15 is 0 Å². The number of anilines is 1.